The number of hydrogen-bond acceptors (Lipinski definition) is 4. The minimum atomic E-state index is -0.146. The first kappa shape index (κ1) is 16.3. The zero-order chi connectivity index (χ0) is 16.6. The van der Waals surface area contributed by atoms with Crippen LogP contribution in [0.2, 0.25) is 0 Å². The molecule has 122 valence electrons. The van der Waals surface area contributed by atoms with E-state index >= 15 is 0 Å². The Morgan fingerprint density at radius 1 is 1.39 bits per heavy atom. The molecular formula is C17H21BrN4O. The third-order valence-corrected chi connectivity index (χ3v) is 4.82. The van der Waals surface area contributed by atoms with Crippen molar-refractivity contribution in [3.05, 3.63) is 55.9 Å². The van der Waals surface area contributed by atoms with Crippen LogP contribution in [0.1, 0.15) is 43.4 Å². The van der Waals surface area contributed by atoms with Gasteiger partial charge in [-0.3, -0.25) is 14.7 Å². The molecule has 1 aliphatic heterocycles. The number of fused-ring (bicyclic) bond motifs is 1. The maximum atomic E-state index is 12.5. The molecule has 3 heterocycles. The molecule has 2 aromatic heterocycles. The molecule has 0 aliphatic carbocycles. The second kappa shape index (κ2) is 6.17. The van der Waals surface area contributed by atoms with E-state index in [9.17, 15) is 4.79 Å². The van der Waals surface area contributed by atoms with E-state index in [0.29, 0.717) is 6.54 Å². The van der Waals surface area contributed by atoms with Gasteiger partial charge in [-0.05, 0) is 27.6 Å². The molecule has 0 fully saturated rings. The predicted molar refractivity (Wildman–Crippen MR) is 93.3 cm³/mol. The summed E-state index contributed by atoms with van der Waals surface area (Å²) in [6, 6.07) is 2.00. The highest BCUT2D eigenvalue weighted by atomic mass is 79.9. The lowest BCUT2D eigenvalue weighted by molar-refractivity contribution is 0.240. The fourth-order valence-electron chi connectivity index (χ4n) is 2.74. The second-order valence-corrected chi connectivity index (χ2v) is 7.87. The third-order valence-electron chi connectivity index (χ3n) is 4.11. The molecule has 3 rings (SSSR count). The highest BCUT2D eigenvalue weighted by Crippen LogP contribution is 2.23. The molecule has 1 N–H and O–H groups in total. The lowest BCUT2D eigenvalue weighted by Crippen LogP contribution is -2.37. The quantitative estimate of drug-likeness (QED) is 0.874. The number of hydrogen-bond donors (Lipinski definition) is 1. The van der Waals surface area contributed by atoms with Crippen molar-refractivity contribution in [2.24, 2.45) is 0 Å². The van der Waals surface area contributed by atoms with Crippen LogP contribution in [0.15, 0.2) is 27.7 Å². The summed E-state index contributed by atoms with van der Waals surface area (Å²) in [6.45, 7) is 8.52. The molecule has 0 unspecified atom stereocenters. The molecule has 0 saturated carbocycles. The van der Waals surface area contributed by atoms with Crippen molar-refractivity contribution in [2.45, 2.75) is 45.7 Å². The molecule has 0 bridgehead atoms. The summed E-state index contributed by atoms with van der Waals surface area (Å²) < 4.78 is 1.00. The normalized spacial score (nSPS) is 15.5. The standard InChI is InChI=1S/C17H21BrN4O/c1-17(2,3)16-20-14-5-7-22(10-12(14)15(23)21-16)9-11-4-6-19-8-13(11)18/h4,6,8H,5,7,9-10H2,1-3H3,(H,20,21,23). The topological polar surface area (TPSA) is 61.9 Å². The molecule has 0 aromatic carbocycles. The monoisotopic (exact) mass is 376 g/mol. The first-order valence-corrected chi connectivity index (χ1v) is 8.57. The van der Waals surface area contributed by atoms with Crippen molar-refractivity contribution >= 4 is 15.9 Å². The van der Waals surface area contributed by atoms with Gasteiger partial charge < -0.3 is 4.98 Å². The Balaban J connectivity index is 1.84. The number of rotatable bonds is 2. The number of pyridine rings is 1. The van der Waals surface area contributed by atoms with Gasteiger partial charge in [0.2, 0.25) is 0 Å². The smallest absolute Gasteiger partial charge is 0.255 e. The van der Waals surface area contributed by atoms with Gasteiger partial charge in [-0.25, -0.2) is 4.98 Å². The van der Waals surface area contributed by atoms with E-state index in [4.69, 9.17) is 4.98 Å². The summed E-state index contributed by atoms with van der Waals surface area (Å²) in [5.41, 5.74) is 2.78. The average Bonchev–Trinajstić information content (AvgIpc) is 2.49. The second-order valence-electron chi connectivity index (χ2n) is 7.02. The van der Waals surface area contributed by atoms with Crippen molar-refractivity contribution in [2.75, 3.05) is 6.54 Å². The predicted octanol–water partition coefficient (Wildman–Crippen LogP) is 2.78. The zero-order valence-corrected chi connectivity index (χ0v) is 15.3. The van der Waals surface area contributed by atoms with Crippen LogP contribution in [0.3, 0.4) is 0 Å². The maximum absolute atomic E-state index is 12.5. The lowest BCUT2D eigenvalue weighted by Gasteiger charge is -2.29. The molecule has 5 nitrogen and oxygen atoms in total. The summed E-state index contributed by atoms with van der Waals surface area (Å²) in [6.07, 6.45) is 4.41. The Labute approximate surface area is 144 Å². The largest absolute Gasteiger partial charge is 0.310 e. The van der Waals surface area contributed by atoms with Gasteiger partial charge in [0.1, 0.15) is 5.82 Å². The Kier molecular flexibility index (Phi) is 4.38. The minimum absolute atomic E-state index is 0.00146. The molecule has 1 aliphatic rings. The van der Waals surface area contributed by atoms with Gasteiger partial charge in [-0.2, -0.15) is 0 Å². The highest BCUT2D eigenvalue weighted by molar-refractivity contribution is 9.10. The Hall–Kier alpha value is -1.53. The Morgan fingerprint density at radius 2 is 2.17 bits per heavy atom. The third kappa shape index (κ3) is 3.53. The summed E-state index contributed by atoms with van der Waals surface area (Å²) >= 11 is 3.53. The van der Waals surface area contributed by atoms with Crippen LogP contribution in [-0.4, -0.2) is 26.4 Å². The Bertz CT molecular complexity index is 779. The molecule has 0 radical (unpaired) electrons. The summed E-state index contributed by atoms with van der Waals surface area (Å²) in [5.74, 6) is 0.770. The van der Waals surface area contributed by atoms with Gasteiger partial charge in [0.05, 0.1) is 11.3 Å². The van der Waals surface area contributed by atoms with Gasteiger partial charge >= 0.3 is 0 Å². The fraction of sp³-hybridized carbons (Fsp3) is 0.471. The maximum Gasteiger partial charge on any atom is 0.255 e. The van der Waals surface area contributed by atoms with Crippen LogP contribution >= 0.6 is 15.9 Å². The summed E-state index contributed by atoms with van der Waals surface area (Å²) in [5, 5.41) is 0. The Morgan fingerprint density at radius 3 is 2.87 bits per heavy atom. The van der Waals surface area contributed by atoms with Crippen molar-refractivity contribution in [1.29, 1.82) is 0 Å². The summed E-state index contributed by atoms with van der Waals surface area (Å²) in [4.78, 5) is 26.5. The molecule has 0 saturated heterocycles. The molecule has 23 heavy (non-hydrogen) atoms. The van der Waals surface area contributed by atoms with Gasteiger partial charge in [-0.1, -0.05) is 20.8 Å². The van der Waals surface area contributed by atoms with E-state index in [1.807, 2.05) is 6.07 Å². The van der Waals surface area contributed by atoms with E-state index in [-0.39, 0.29) is 11.0 Å². The lowest BCUT2D eigenvalue weighted by atomic mass is 9.95. The number of aromatic nitrogens is 3. The van der Waals surface area contributed by atoms with Crippen molar-refractivity contribution in [3.63, 3.8) is 0 Å². The van der Waals surface area contributed by atoms with Gasteiger partial charge in [-0.15, -0.1) is 0 Å². The molecule has 0 amide bonds. The zero-order valence-electron chi connectivity index (χ0n) is 13.7. The van der Waals surface area contributed by atoms with E-state index in [1.165, 1.54) is 5.56 Å². The molecule has 6 heteroatoms. The first-order chi connectivity index (χ1) is 10.8. The average molecular weight is 377 g/mol. The van der Waals surface area contributed by atoms with Crippen LogP contribution in [0.25, 0.3) is 0 Å². The fourth-order valence-corrected chi connectivity index (χ4v) is 3.12. The van der Waals surface area contributed by atoms with Crippen molar-refractivity contribution in [3.8, 4) is 0 Å². The van der Waals surface area contributed by atoms with Crippen LogP contribution in [0, 0.1) is 0 Å². The van der Waals surface area contributed by atoms with Crippen molar-refractivity contribution < 1.29 is 0 Å². The minimum Gasteiger partial charge on any atom is -0.310 e. The summed E-state index contributed by atoms with van der Waals surface area (Å²) in [7, 11) is 0. The number of H-pyrrole nitrogens is 1. The number of aromatic amines is 1. The van der Waals surface area contributed by atoms with Gasteiger partial charge in [0.15, 0.2) is 0 Å². The van der Waals surface area contributed by atoms with E-state index < -0.39 is 0 Å². The number of nitrogens with zero attached hydrogens (tertiary/aromatic N) is 3. The van der Waals surface area contributed by atoms with Crippen LogP contribution in [-0.2, 0) is 24.9 Å². The van der Waals surface area contributed by atoms with E-state index in [2.05, 4.69) is 51.6 Å². The van der Waals surface area contributed by atoms with Crippen LogP contribution < -0.4 is 5.56 Å². The van der Waals surface area contributed by atoms with Gasteiger partial charge in [0.25, 0.3) is 5.56 Å². The molecular weight excluding hydrogens is 356 g/mol. The van der Waals surface area contributed by atoms with Gasteiger partial charge in [0, 0.05) is 48.3 Å². The van der Waals surface area contributed by atoms with E-state index in [0.717, 1.165) is 41.1 Å². The number of halogens is 1. The molecule has 0 spiro atoms. The van der Waals surface area contributed by atoms with Crippen LogP contribution in [0.4, 0.5) is 0 Å². The SMILES string of the molecule is CC(C)(C)c1nc2c(c(=O)[nH]1)CN(Cc1ccncc1Br)CC2. The molecule has 2 aromatic rings. The van der Waals surface area contributed by atoms with Crippen molar-refractivity contribution in [1.82, 2.24) is 19.9 Å². The highest BCUT2D eigenvalue weighted by Gasteiger charge is 2.25. The first-order valence-electron chi connectivity index (χ1n) is 7.78. The van der Waals surface area contributed by atoms with Crippen LogP contribution in [0.5, 0.6) is 0 Å². The molecule has 0 atom stereocenters. The van der Waals surface area contributed by atoms with E-state index in [1.54, 1.807) is 12.4 Å². The number of nitrogens with one attached hydrogen (secondary N) is 1.